The average molecular weight is 312 g/mol. The highest BCUT2D eigenvalue weighted by molar-refractivity contribution is 5.88. The van der Waals surface area contributed by atoms with Gasteiger partial charge in [0.15, 0.2) is 5.78 Å². The molecule has 0 bridgehead atoms. The monoisotopic (exact) mass is 312 g/mol. The van der Waals surface area contributed by atoms with Crippen molar-refractivity contribution >= 4 is 17.2 Å². The van der Waals surface area contributed by atoms with Gasteiger partial charge in [0.05, 0.1) is 11.4 Å². The maximum Gasteiger partial charge on any atom is 0.195 e. The quantitative estimate of drug-likeness (QED) is 0.799. The normalized spacial score (nSPS) is 21.0. The van der Waals surface area contributed by atoms with E-state index in [1.165, 1.54) is 0 Å². The van der Waals surface area contributed by atoms with Gasteiger partial charge in [-0.3, -0.25) is 25.4 Å². The van der Waals surface area contributed by atoms with Crippen molar-refractivity contribution in [2.75, 3.05) is 11.0 Å². The SMILES string of the molecule is O=C1[C@H](ONc2ccccc2)CCC[C@H]1ONc1ccccc1. The third-order valence-electron chi connectivity index (χ3n) is 3.75. The minimum Gasteiger partial charge on any atom is -0.294 e. The highest BCUT2D eigenvalue weighted by Crippen LogP contribution is 2.22. The van der Waals surface area contributed by atoms with Crippen LogP contribution in [0.2, 0.25) is 0 Å². The van der Waals surface area contributed by atoms with E-state index in [2.05, 4.69) is 11.0 Å². The van der Waals surface area contributed by atoms with Gasteiger partial charge >= 0.3 is 0 Å². The molecule has 1 aliphatic carbocycles. The van der Waals surface area contributed by atoms with Crippen molar-refractivity contribution in [3.05, 3.63) is 60.7 Å². The number of hydrogen-bond donors (Lipinski definition) is 2. The molecule has 120 valence electrons. The van der Waals surface area contributed by atoms with E-state index in [1.807, 2.05) is 60.7 Å². The van der Waals surface area contributed by atoms with Crippen LogP contribution in [0.5, 0.6) is 0 Å². The van der Waals surface area contributed by atoms with E-state index in [0.29, 0.717) is 12.8 Å². The van der Waals surface area contributed by atoms with Crippen LogP contribution >= 0.6 is 0 Å². The van der Waals surface area contributed by atoms with Crippen LogP contribution < -0.4 is 11.0 Å². The van der Waals surface area contributed by atoms with Crippen LogP contribution in [-0.4, -0.2) is 18.0 Å². The van der Waals surface area contributed by atoms with Gasteiger partial charge in [-0.25, -0.2) is 0 Å². The molecule has 0 heterocycles. The number of ketones is 1. The third kappa shape index (κ3) is 4.31. The van der Waals surface area contributed by atoms with Crippen LogP contribution in [0, 0.1) is 0 Å². The summed E-state index contributed by atoms with van der Waals surface area (Å²) in [7, 11) is 0. The summed E-state index contributed by atoms with van der Waals surface area (Å²) < 4.78 is 0. The van der Waals surface area contributed by atoms with Crippen LogP contribution in [-0.2, 0) is 14.5 Å². The Balaban J connectivity index is 1.51. The van der Waals surface area contributed by atoms with Crippen molar-refractivity contribution in [3.8, 4) is 0 Å². The Bertz CT molecular complexity index is 565. The van der Waals surface area contributed by atoms with E-state index in [9.17, 15) is 4.79 Å². The Morgan fingerprint density at radius 2 is 1.17 bits per heavy atom. The molecule has 2 atom stereocenters. The maximum absolute atomic E-state index is 12.4. The van der Waals surface area contributed by atoms with E-state index in [1.54, 1.807) is 0 Å². The fourth-order valence-electron chi connectivity index (χ4n) is 2.51. The number of anilines is 2. The first-order valence-electron chi connectivity index (χ1n) is 7.80. The summed E-state index contributed by atoms with van der Waals surface area (Å²) in [5.74, 6) is -0.0388. The Kier molecular flexibility index (Phi) is 5.24. The molecule has 5 heteroatoms. The molecule has 5 nitrogen and oxygen atoms in total. The molecule has 1 aliphatic rings. The average Bonchev–Trinajstić information content (AvgIpc) is 2.61. The lowest BCUT2D eigenvalue weighted by Crippen LogP contribution is -2.41. The lowest BCUT2D eigenvalue weighted by molar-refractivity contribution is -0.143. The van der Waals surface area contributed by atoms with Gasteiger partial charge < -0.3 is 0 Å². The smallest absolute Gasteiger partial charge is 0.195 e. The fourth-order valence-corrected chi connectivity index (χ4v) is 2.51. The molecule has 0 aromatic heterocycles. The largest absolute Gasteiger partial charge is 0.294 e. The number of hydrogen-bond acceptors (Lipinski definition) is 5. The number of carbonyl (C=O) groups excluding carboxylic acids is 1. The Morgan fingerprint density at radius 3 is 1.61 bits per heavy atom. The Hall–Kier alpha value is -2.37. The molecule has 0 saturated heterocycles. The summed E-state index contributed by atoms with van der Waals surface area (Å²) in [6.07, 6.45) is 1.29. The molecule has 0 spiro atoms. The summed E-state index contributed by atoms with van der Waals surface area (Å²) in [5.41, 5.74) is 7.33. The second-order valence-corrected chi connectivity index (χ2v) is 5.48. The van der Waals surface area contributed by atoms with Gasteiger partial charge in [0.1, 0.15) is 12.2 Å². The molecule has 0 amide bonds. The topological polar surface area (TPSA) is 59.6 Å². The van der Waals surface area contributed by atoms with E-state index in [4.69, 9.17) is 9.68 Å². The molecular formula is C18H20N2O3. The highest BCUT2D eigenvalue weighted by Gasteiger charge is 2.33. The van der Waals surface area contributed by atoms with Crippen molar-refractivity contribution in [2.45, 2.75) is 31.5 Å². The fraction of sp³-hybridized carbons (Fsp3) is 0.278. The zero-order valence-electron chi connectivity index (χ0n) is 12.8. The van der Waals surface area contributed by atoms with Crippen molar-refractivity contribution in [3.63, 3.8) is 0 Å². The summed E-state index contributed by atoms with van der Waals surface area (Å²) in [6, 6.07) is 19.0. The van der Waals surface area contributed by atoms with Crippen molar-refractivity contribution < 1.29 is 14.5 Å². The van der Waals surface area contributed by atoms with Crippen LogP contribution in [0.4, 0.5) is 11.4 Å². The standard InChI is InChI=1S/C18H20N2O3/c21-18-16(22-19-14-8-3-1-4-9-14)12-7-13-17(18)23-20-15-10-5-2-6-11-15/h1-6,8-11,16-17,19-20H,7,12-13H2/t16-,17-/m1/s1. The first kappa shape index (κ1) is 15.5. The Morgan fingerprint density at radius 1 is 0.739 bits per heavy atom. The zero-order chi connectivity index (χ0) is 15.9. The molecule has 0 aliphatic heterocycles. The summed E-state index contributed by atoms with van der Waals surface area (Å²) >= 11 is 0. The van der Waals surface area contributed by atoms with Crippen LogP contribution in [0.3, 0.4) is 0 Å². The molecule has 23 heavy (non-hydrogen) atoms. The number of para-hydroxylation sites is 2. The lowest BCUT2D eigenvalue weighted by Gasteiger charge is -2.27. The number of rotatable bonds is 6. The molecule has 1 saturated carbocycles. The van der Waals surface area contributed by atoms with Crippen molar-refractivity contribution in [1.29, 1.82) is 0 Å². The van der Waals surface area contributed by atoms with Gasteiger partial charge in [-0.15, -0.1) is 0 Å². The minimum absolute atomic E-state index is 0.0388. The predicted molar refractivity (Wildman–Crippen MR) is 88.7 cm³/mol. The zero-order valence-corrected chi connectivity index (χ0v) is 12.8. The first-order valence-corrected chi connectivity index (χ1v) is 7.80. The molecule has 3 rings (SSSR count). The number of carbonyl (C=O) groups is 1. The van der Waals surface area contributed by atoms with Gasteiger partial charge in [0.25, 0.3) is 0 Å². The first-order chi connectivity index (χ1) is 11.3. The molecule has 2 N–H and O–H groups in total. The van der Waals surface area contributed by atoms with Crippen LogP contribution in [0.1, 0.15) is 19.3 Å². The van der Waals surface area contributed by atoms with E-state index in [-0.39, 0.29) is 5.78 Å². The summed E-state index contributed by atoms with van der Waals surface area (Å²) in [5, 5.41) is 0. The van der Waals surface area contributed by atoms with E-state index < -0.39 is 12.2 Å². The van der Waals surface area contributed by atoms with E-state index in [0.717, 1.165) is 17.8 Å². The van der Waals surface area contributed by atoms with Crippen molar-refractivity contribution in [2.24, 2.45) is 0 Å². The number of Topliss-reactive ketones (excluding diaryl/α,β-unsaturated/α-hetero) is 1. The van der Waals surface area contributed by atoms with Gasteiger partial charge in [0.2, 0.25) is 0 Å². The van der Waals surface area contributed by atoms with Gasteiger partial charge in [-0.05, 0) is 43.5 Å². The number of nitrogens with one attached hydrogen (secondary N) is 2. The Labute approximate surface area is 135 Å². The maximum atomic E-state index is 12.4. The van der Waals surface area contributed by atoms with Gasteiger partial charge in [-0.1, -0.05) is 36.4 Å². The minimum atomic E-state index is -0.494. The van der Waals surface area contributed by atoms with Gasteiger partial charge in [-0.2, -0.15) is 0 Å². The second-order valence-electron chi connectivity index (χ2n) is 5.48. The molecule has 2 aromatic carbocycles. The second kappa shape index (κ2) is 7.76. The highest BCUT2D eigenvalue weighted by atomic mass is 16.7. The molecule has 1 fully saturated rings. The van der Waals surface area contributed by atoms with Crippen LogP contribution in [0.15, 0.2) is 60.7 Å². The van der Waals surface area contributed by atoms with Crippen LogP contribution in [0.25, 0.3) is 0 Å². The molecule has 0 radical (unpaired) electrons. The summed E-state index contributed by atoms with van der Waals surface area (Å²) in [6.45, 7) is 0. The molecule has 2 aromatic rings. The van der Waals surface area contributed by atoms with Gasteiger partial charge in [0, 0.05) is 0 Å². The van der Waals surface area contributed by atoms with E-state index >= 15 is 0 Å². The third-order valence-corrected chi connectivity index (χ3v) is 3.75. The molecular weight excluding hydrogens is 292 g/mol. The molecule has 0 unspecified atom stereocenters. The van der Waals surface area contributed by atoms with Crippen molar-refractivity contribution in [1.82, 2.24) is 0 Å². The predicted octanol–water partition coefficient (Wildman–Crippen LogP) is 3.56. The summed E-state index contributed by atoms with van der Waals surface area (Å²) in [4.78, 5) is 23.6. The lowest BCUT2D eigenvalue weighted by atomic mass is 9.94. The number of benzene rings is 2.